The third-order valence-corrected chi connectivity index (χ3v) is 7.32. The Kier molecular flexibility index (Phi) is 8.59. The third-order valence-electron chi connectivity index (χ3n) is 7.07. The van der Waals surface area contributed by atoms with Crippen LogP contribution in [0.2, 0.25) is 5.02 Å². The minimum Gasteiger partial charge on any atom is -0.476 e. The molecule has 0 saturated carbocycles. The number of hydrogen-bond acceptors (Lipinski definition) is 4. The summed E-state index contributed by atoms with van der Waals surface area (Å²) in [5, 5.41) is 3.35. The van der Waals surface area contributed by atoms with Crippen molar-refractivity contribution in [3.8, 4) is 5.75 Å². The second-order valence-corrected chi connectivity index (χ2v) is 11.1. The van der Waals surface area contributed by atoms with Crippen LogP contribution in [0.3, 0.4) is 0 Å². The molecule has 1 heterocycles. The molecule has 0 spiro atoms. The van der Waals surface area contributed by atoms with E-state index in [-0.39, 0.29) is 24.3 Å². The van der Waals surface area contributed by atoms with Gasteiger partial charge in [-0.05, 0) is 73.9 Å². The molecule has 0 radical (unpaired) electrons. The van der Waals surface area contributed by atoms with Crippen molar-refractivity contribution >= 4 is 40.7 Å². The fourth-order valence-electron chi connectivity index (χ4n) is 4.88. The van der Waals surface area contributed by atoms with Crippen molar-refractivity contribution in [2.45, 2.75) is 32.4 Å². The molecule has 1 N–H and O–H groups in total. The average molecular weight is 582 g/mol. The summed E-state index contributed by atoms with van der Waals surface area (Å²) < 4.78 is 6.01. The van der Waals surface area contributed by atoms with Gasteiger partial charge in [-0.2, -0.15) is 0 Å². The van der Waals surface area contributed by atoms with E-state index < -0.39 is 5.60 Å². The van der Waals surface area contributed by atoms with Crippen molar-refractivity contribution in [3.63, 3.8) is 0 Å². The Morgan fingerprint density at radius 2 is 1.52 bits per heavy atom. The van der Waals surface area contributed by atoms with Gasteiger partial charge in [0, 0.05) is 29.4 Å². The third kappa shape index (κ3) is 6.81. The molecule has 7 nitrogen and oxygen atoms in total. The van der Waals surface area contributed by atoms with E-state index in [2.05, 4.69) is 5.32 Å². The van der Waals surface area contributed by atoms with Crippen LogP contribution in [0.1, 0.15) is 35.3 Å². The topological polar surface area (TPSA) is 79.0 Å². The van der Waals surface area contributed by atoms with Crippen LogP contribution in [0, 0.1) is 0 Å². The number of halogens is 1. The lowest BCUT2D eigenvalue weighted by atomic mass is 10.0. The Hall–Kier alpha value is -4.62. The van der Waals surface area contributed by atoms with Gasteiger partial charge in [0.25, 0.3) is 11.8 Å². The lowest BCUT2D eigenvalue weighted by molar-refractivity contribution is -0.133. The molecule has 4 aromatic carbocycles. The molecule has 0 bridgehead atoms. The summed E-state index contributed by atoms with van der Waals surface area (Å²) >= 11 is 5.96. The molecule has 0 saturated heterocycles. The number of hydrogen-bond donors (Lipinski definition) is 1. The van der Waals surface area contributed by atoms with Crippen molar-refractivity contribution in [2.75, 3.05) is 23.3 Å². The summed E-state index contributed by atoms with van der Waals surface area (Å²) in [6.07, 6.45) is 0.692. The van der Waals surface area contributed by atoms with Crippen molar-refractivity contribution in [3.05, 3.63) is 125 Å². The highest BCUT2D eigenvalue weighted by Crippen LogP contribution is 2.38. The molecular formula is C34H32ClN3O4. The Morgan fingerprint density at radius 1 is 0.881 bits per heavy atom. The number of rotatable bonds is 9. The number of nitrogens with one attached hydrogen (secondary N) is 1. The van der Waals surface area contributed by atoms with Crippen LogP contribution in [-0.2, 0) is 22.6 Å². The van der Waals surface area contributed by atoms with Crippen LogP contribution in [0.25, 0.3) is 0 Å². The lowest BCUT2D eigenvalue weighted by Crippen LogP contribution is -2.54. The maximum Gasteiger partial charge on any atom is 0.271 e. The van der Waals surface area contributed by atoms with Gasteiger partial charge in [0.15, 0.2) is 5.60 Å². The molecule has 0 atom stereocenters. The minimum absolute atomic E-state index is 0.180. The molecule has 0 unspecified atom stereocenters. The highest BCUT2D eigenvalue weighted by Gasteiger charge is 2.42. The fourth-order valence-corrected chi connectivity index (χ4v) is 5.01. The van der Waals surface area contributed by atoms with E-state index in [1.807, 2.05) is 60.7 Å². The first-order chi connectivity index (χ1) is 20.2. The van der Waals surface area contributed by atoms with Crippen molar-refractivity contribution in [2.24, 2.45) is 0 Å². The smallest absolute Gasteiger partial charge is 0.271 e. The average Bonchev–Trinajstić information content (AvgIpc) is 2.99. The fraction of sp³-hybridized carbons (Fsp3) is 0.206. The van der Waals surface area contributed by atoms with Gasteiger partial charge in [-0.3, -0.25) is 19.3 Å². The molecule has 4 aromatic rings. The molecule has 214 valence electrons. The van der Waals surface area contributed by atoms with E-state index in [9.17, 15) is 14.4 Å². The van der Waals surface area contributed by atoms with E-state index in [0.717, 1.165) is 11.1 Å². The summed E-state index contributed by atoms with van der Waals surface area (Å²) in [4.78, 5) is 43.6. The van der Waals surface area contributed by atoms with Gasteiger partial charge in [0.1, 0.15) is 12.3 Å². The molecule has 0 aromatic heterocycles. The Labute approximate surface area is 250 Å². The van der Waals surface area contributed by atoms with Crippen LogP contribution < -0.4 is 15.0 Å². The Balaban J connectivity index is 1.42. The molecule has 0 fully saturated rings. The highest BCUT2D eigenvalue weighted by molar-refractivity contribution is 6.30. The van der Waals surface area contributed by atoms with Gasteiger partial charge in [0.2, 0.25) is 5.91 Å². The second-order valence-electron chi connectivity index (χ2n) is 10.7. The van der Waals surface area contributed by atoms with Gasteiger partial charge in [-0.1, -0.05) is 72.3 Å². The first-order valence-electron chi connectivity index (χ1n) is 13.8. The van der Waals surface area contributed by atoms with E-state index >= 15 is 0 Å². The van der Waals surface area contributed by atoms with E-state index in [1.165, 1.54) is 4.90 Å². The summed E-state index contributed by atoms with van der Waals surface area (Å²) in [7, 11) is 0. The first kappa shape index (κ1) is 28.9. The zero-order valence-corrected chi connectivity index (χ0v) is 24.3. The Bertz CT molecular complexity index is 1570. The predicted octanol–water partition coefficient (Wildman–Crippen LogP) is 6.37. The van der Waals surface area contributed by atoms with Crippen LogP contribution in [0.5, 0.6) is 5.75 Å². The number of nitrogens with zero attached hydrogens (tertiary/aromatic N) is 2. The largest absolute Gasteiger partial charge is 0.476 e. The zero-order chi connectivity index (χ0) is 29.7. The van der Waals surface area contributed by atoms with Crippen LogP contribution >= 0.6 is 11.6 Å². The molecule has 1 aliphatic rings. The summed E-state index contributed by atoms with van der Waals surface area (Å²) in [5.41, 5.74) is 2.29. The van der Waals surface area contributed by atoms with E-state index in [0.29, 0.717) is 47.2 Å². The number of amides is 3. The Morgan fingerprint density at radius 3 is 2.19 bits per heavy atom. The highest BCUT2D eigenvalue weighted by atomic mass is 35.5. The number of carbonyl (C=O) groups excluding carboxylic acids is 3. The molecule has 1 aliphatic heterocycles. The monoisotopic (exact) mass is 581 g/mol. The quantitative estimate of drug-likeness (QED) is 0.249. The van der Waals surface area contributed by atoms with Gasteiger partial charge >= 0.3 is 0 Å². The standard InChI is InChI=1S/C34H32ClN3O4/c1-34(2)33(41)38(23-31(39)36-28-16-14-27(35)15-17-28)29-21-26(13-18-30(29)42-34)32(40)37(22-25-11-7-4-8-12-25)20-19-24-9-5-3-6-10-24/h3-18,21H,19-20,22-23H2,1-2H3,(H,36,39). The summed E-state index contributed by atoms with van der Waals surface area (Å²) in [6.45, 7) is 4.00. The van der Waals surface area contributed by atoms with Gasteiger partial charge in [-0.25, -0.2) is 0 Å². The maximum absolute atomic E-state index is 14.0. The molecular weight excluding hydrogens is 550 g/mol. The summed E-state index contributed by atoms with van der Waals surface area (Å²) in [5.74, 6) is -0.523. The maximum atomic E-state index is 14.0. The number of fused-ring (bicyclic) bond motifs is 1. The summed E-state index contributed by atoms with van der Waals surface area (Å²) in [6, 6.07) is 31.6. The molecule has 3 amide bonds. The second kappa shape index (κ2) is 12.5. The van der Waals surface area contributed by atoms with Gasteiger partial charge < -0.3 is 15.0 Å². The van der Waals surface area contributed by atoms with Crippen molar-refractivity contribution in [1.29, 1.82) is 0 Å². The normalized spacial score (nSPS) is 13.6. The van der Waals surface area contributed by atoms with Crippen molar-refractivity contribution in [1.82, 2.24) is 4.90 Å². The predicted molar refractivity (Wildman–Crippen MR) is 165 cm³/mol. The first-order valence-corrected chi connectivity index (χ1v) is 14.1. The van der Waals surface area contributed by atoms with Crippen LogP contribution in [0.15, 0.2) is 103 Å². The number of benzene rings is 4. The lowest BCUT2D eigenvalue weighted by Gasteiger charge is -2.38. The van der Waals surface area contributed by atoms with Gasteiger partial charge in [0.05, 0.1) is 5.69 Å². The molecule has 42 heavy (non-hydrogen) atoms. The van der Waals surface area contributed by atoms with Gasteiger partial charge in [-0.15, -0.1) is 0 Å². The van der Waals surface area contributed by atoms with Crippen LogP contribution in [-0.4, -0.2) is 41.3 Å². The molecule has 0 aliphatic carbocycles. The molecule has 8 heteroatoms. The van der Waals surface area contributed by atoms with E-state index in [4.69, 9.17) is 16.3 Å². The van der Waals surface area contributed by atoms with Crippen LogP contribution in [0.4, 0.5) is 11.4 Å². The number of ether oxygens (including phenoxy) is 1. The number of carbonyl (C=O) groups is 3. The molecule has 5 rings (SSSR count). The number of anilines is 2. The minimum atomic E-state index is -1.19. The van der Waals surface area contributed by atoms with E-state index in [1.54, 1.807) is 61.2 Å². The van der Waals surface area contributed by atoms with Crippen molar-refractivity contribution < 1.29 is 19.1 Å². The zero-order valence-electron chi connectivity index (χ0n) is 23.5. The SMILES string of the molecule is CC1(C)Oc2ccc(C(=O)N(CCc3ccccc3)Cc3ccccc3)cc2N(CC(=O)Nc2ccc(Cl)cc2)C1=O.